The summed E-state index contributed by atoms with van der Waals surface area (Å²) in [5, 5.41) is 0. The molecule has 0 spiro atoms. The van der Waals surface area contributed by atoms with Gasteiger partial charge in [-0.25, -0.2) is 9.97 Å². The molecule has 4 rings (SSSR count). The van der Waals surface area contributed by atoms with E-state index in [-0.39, 0.29) is 0 Å². The van der Waals surface area contributed by atoms with E-state index in [1.54, 1.807) is 12.4 Å². The number of benzene rings is 1. The van der Waals surface area contributed by atoms with Gasteiger partial charge in [0, 0.05) is 17.3 Å². The number of hydrogen-bond acceptors (Lipinski definition) is 3. The van der Waals surface area contributed by atoms with Gasteiger partial charge in [-0.1, -0.05) is 37.4 Å². The molecular formula is C17H11N3. The van der Waals surface area contributed by atoms with Crippen LogP contribution in [0.1, 0.15) is 16.8 Å². The van der Waals surface area contributed by atoms with Crippen LogP contribution in [0.5, 0.6) is 0 Å². The zero-order chi connectivity index (χ0) is 13.7. The molecule has 3 aromatic rings. The fourth-order valence-electron chi connectivity index (χ4n) is 2.70. The molecule has 0 saturated carbocycles. The van der Waals surface area contributed by atoms with Crippen molar-refractivity contribution >= 4 is 22.7 Å². The van der Waals surface area contributed by atoms with E-state index in [2.05, 4.69) is 29.2 Å². The van der Waals surface area contributed by atoms with Crippen molar-refractivity contribution in [3.63, 3.8) is 0 Å². The molecule has 20 heavy (non-hydrogen) atoms. The number of nitrogens with zero attached hydrogens (tertiary/aromatic N) is 3. The molecule has 1 aliphatic carbocycles. The summed E-state index contributed by atoms with van der Waals surface area (Å²) in [4.78, 5) is 13.5. The summed E-state index contributed by atoms with van der Waals surface area (Å²) in [6.45, 7) is 8.05. The molecule has 0 saturated heterocycles. The van der Waals surface area contributed by atoms with E-state index < -0.39 is 0 Å². The van der Waals surface area contributed by atoms with Gasteiger partial charge in [-0.3, -0.25) is 4.98 Å². The molecule has 1 aliphatic rings. The number of pyridine rings is 1. The quantitative estimate of drug-likeness (QED) is 0.521. The van der Waals surface area contributed by atoms with Gasteiger partial charge in [0.1, 0.15) is 5.52 Å². The summed E-state index contributed by atoms with van der Waals surface area (Å²) < 4.78 is 0. The second-order valence-electron chi connectivity index (χ2n) is 4.74. The fraction of sp³-hybridized carbons (Fsp3) is 0. The SMILES string of the molecule is C=Cc1cccc2c1C(=C)c1nc3cnccc3nc1-2. The summed E-state index contributed by atoms with van der Waals surface area (Å²) in [6.07, 6.45) is 5.30. The molecule has 94 valence electrons. The highest BCUT2D eigenvalue weighted by Gasteiger charge is 2.27. The minimum Gasteiger partial charge on any atom is -0.262 e. The van der Waals surface area contributed by atoms with Crippen molar-refractivity contribution in [1.82, 2.24) is 15.0 Å². The Kier molecular flexibility index (Phi) is 2.12. The second-order valence-corrected chi connectivity index (χ2v) is 4.74. The van der Waals surface area contributed by atoms with Crippen LogP contribution in [0.15, 0.2) is 49.8 Å². The Labute approximate surface area is 116 Å². The van der Waals surface area contributed by atoms with Crippen LogP contribution in [-0.4, -0.2) is 15.0 Å². The number of aromatic nitrogens is 3. The minimum absolute atomic E-state index is 0.792. The second kappa shape index (κ2) is 3.84. The van der Waals surface area contributed by atoms with Gasteiger partial charge in [0.05, 0.1) is 23.1 Å². The molecule has 0 atom stereocenters. The average molecular weight is 257 g/mol. The monoisotopic (exact) mass is 257 g/mol. The Morgan fingerprint density at radius 2 is 1.85 bits per heavy atom. The zero-order valence-corrected chi connectivity index (χ0v) is 10.8. The Morgan fingerprint density at radius 1 is 1.00 bits per heavy atom. The van der Waals surface area contributed by atoms with Crippen molar-refractivity contribution < 1.29 is 0 Å². The lowest BCUT2D eigenvalue weighted by Crippen LogP contribution is -1.92. The highest BCUT2D eigenvalue weighted by molar-refractivity contribution is 6.01. The third kappa shape index (κ3) is 1.32. The van der Waals surface area contributed by atoms with E-state index in [1.165, 1.54) is 0 Å². The first kappa shape index (κ1) is 11.1. The van der Waals surface area contributed by atoms with Crippen molar-refractivity contribution in [2.45, 2.75) is 0 Å². The smallest absolute Gasteiger partial charge is 0.108 e. The molecule has 0 aliphatic heterocycles. The van der Waals surface area contributed by atoms with Crippen LogP contribution in [0.25, 0.3) is 33.9 Å². The molecule has 0 N–H and O–H groups in total. The summed E-state index contributed by atoms with van der Waals surface area (Å²) in [6, 6.07) is 7.97. The van der Waals surface area contributed by atoms with Gasteiger partial charge in [0.25, 0.3) is 0 Å². The summed E-state index contributed by atoms with van der Waals surface area (Å²) >= 11 is 0. The van der Waals surface area contributed by atoms with E-state index >= 15 is 0 Å². The first-order chi connectivity index (χ1) is 9.79. The van der Waals surface area contributed by atoms with Crippen LogP contribution in [0.4, 0.5) is 0 Å². The maximum Gasteiger partial charge on any atom is 0.108 e. The topological polar surface area (TPSA) is 38.7 Å². The van der Waals surface area contributed by atoms with Crippen molar-refractivity contribution in [3.05, 3.63) is 66.6 Å². The maximum atomic E-state index is 4.73. The highest BCUT2D eigenvalue weighted by Crippen LogP contribution is 2.43. The number of rotatable bonds is 1. The van der Waals surface area contributed by atoms with Gasteiger partial charge in [0.15, 0.2) is 0 Å². The molecule has 0 bridgehead atoms. The van der Waals surface area contributed by atoms with Crippen LogP contribution in [0, 0.1) is 0 Å². The predicted octanol–water partition coefficient (Wildman–Crippen LogP) is 3.71. The minimum atomic E-state index is 0.792. The van der Waals surface area contributed by atoms with E-state index in [0.717, 1.165) is 44.7 Å². The van der Waals surface area contributed by atoms with E-state index in [9.17, 15) is 0 Å². The van der Waals surface area contributed by atoms with Crippen molar-refractivity contribution in [2.24, 2.45) is 0 Å². The average Bonchev–Trinajstić information content (AvgIpc) is 2.78. The molecule has 3 nitrogen and oxygen atoms in total. The molecule has 0 fully saturated rings. The molecule has 2 heterocycles. The molecule has 0 amide bonds. The Morgan fingerprint density at radius 3 is 2.70 bits per heavy atom. The fourth-order valence-corrected chi connectivity index (χ4v) is 2.70. The molecular weight excluding hydrogens is 246 g/mol. The lowest BCUT2D eigenvalue weighted by Gasteiger charge is -2.03. The van der Waals surface area contributed by atoms with Gasteiger partial charge in [-0.05, 0) is 17.2 Å². The van der Waals surface area contributed by atoms with Crippen molar-refractivity contribution in [1.29, 1.82) is 0 Å². The lowest BCUT2D eigenvalue weighted by atomic mass is 10.0. The first-order valence-corrected chi connectivity index (χ1v) is 6.37. The number of fused-ring (bicyclic) bond motifs is 4. The van der Waals surface area contributed by atoms with Gasteiger partial charge in [-0.2, -0.15) is 0 Å². The van der Waals surface area contributed by atoms with E-state index in [0.29, 0.717) is 0 Å². The Bertz CT molecular complexity index is 894. The van der Waals surface area contributed by atoms with Crippen LogP contribution in [0.2, 0.25) is 0 Å². The lowest BCUT2D eigenvalue weighted by molar-refractivity contribution is 1.24. The molecule has 0 unspecified atom stereocenters. The van der Waals surface area contributed by atoms with Crippen molar-refractivity contribution in [3.8, 4) is 11.3 Å². The summed E-state index contributed by atoms with van der Waals surface area (Å²) in [5.74, 6) is 0. The predicted molar refractivity (Wildman–Crippen MR) is 81.0 cm³/mol. The van der Waals surface area contributed by atoms with E-state index in [1.807, 2.05) is 24.3 Å². The van der Waals surface area contributed by atoms with Gasteiger partial charge < -0.3 is 0 Å². The molecule has 1 aromatic carbocycles. The highest BCUT2D eigenvalue weighted by atomic mass is 14.9. The standard InChI is InChI=1S/C17H11N3/c1-3-11-5-4-6-12-15(11)10(2)16-17(12)19-13-7-8-18-9-14(13)20-16/h3-9H,1-2H2. The Balaban J connectivity index is 2.12. The first-order valence-electron chi connectivity index (χ1n) is 6.37. The van der Waals surface area contributed by atoms with Gasteiger partial charge >= 0.3 is 0 Å². The van der Waals surface area contributed by atoms with E-state index in [4.69, 9.17) is 4.98 Å². The normalized spacial score (nSPS) is 12.3. The zero-order valence-electron chi connectivity index (χ0n) is 10.8. The number of hydrogen-bond donors (Lipinski definition) is 0. The van der Waals surface area contributed by atoms with Crippen LogP contribution < -0.4 is 0 Å². The van der Waals surface area contributed by atoms with Gasteiger partial charge in [0.2, 0.25) is 0 Å². The van der Waals surface area contributed by atoms with Crippen molar-refractivity contribution in [2.75, 3.05) is 0 Å². The largest absolute Gasteiger partial charge is 0.262 e. The Hall–Kier alpha value is -2.81. The third-order valence-corrected chi connectivity index (χ3v) is 3.63. The molecule has 3 heteroatoms. The van der Waals surface area contributed by atoms with Crippen LogP contribution >= 0.6 is 0 Å². The molecule has 0 radical (unpaired) electrons. The third-order valence-electron chi connectivity index (χ3n) is 3.63. The summed E-state index contributed by atoms with van der Waals surface area (Å²) in [5.41, 5.74) is 7.51. The van der Waals surface area contributed by atoms with Crippen LogP contribution in [-0.2, 0) is 0 Å². The van der Waals surface area contributed by atoms with Gasteiger partial charge in [-0.15, -0.1) is 0 Å². The summed E-state index contributed by atoms with van der Waals surface area (Å²) in [7, 11) is 0. The van der Waals surface area contributed by atoms with Crippen LogP contribution in [0.3, 0.4) is 0 Å². The molecule has 2 aromatic heterocycles. The maximum absolute atomic E-state index is 4.73.